The van der Waals surface area contributed by atoms with Gasteiger partial charge in [-0.2, -0.15) is 0 Å². The first-order valence-corrected chi connectivity index (χ1v) is 5.27. The van der Waals surface area contributed by atoms with Gasteiger partial charge in [-0.05, 0) is 0 Å². The van der Waals surface area contributed by atoms with Crippen molar-refractivity contribution in [2.75, 3.05) is 0 Å². The molecule has 0 aliphatic carbocycles. The smallest absolute Gasteiger partial charge is 0.0197 e. The van der Waals surface area contributed by atoms with E-state index in [1.807, 2.05) is 0 Å². The fourth-order valence-electron chi connectivity index (χ4n) is 0.612. The van der Waals surface area contributed by atoms with Crippen molar-refractivity contribution in [2.24, 2.45) is 5.92 Å². The Labute approximate surface area is 49.1 Å². The van der Waals surface area contributed by atoms with Crippen molar-refractivity contribution in [1.29, 1.82) is 0 Å². The second-order valence-corrected chi connectivity index (χ2v) is 4.82. The van der Waals surface area contributed by atoms with E-state index >= 15 is 0 Å². The summed E-state index contributed by atoms with van der Waals surface area (Å²) in [4.78, 5) is 0. The SMILES string of the molecule is CC[SiH2]CC(C)C. The van der Waals surface area contributed by atoms with Crippen LogP contribution in [-0.2, 0) is 0 Å². The maximum Gasteiger partial charge on any atom is 0.0197 e. The van der Waals surface area contributed by atoms with Crippen molar-refractivity contribution < 1.29 is 0 Å². The highest BCUT2D eigenvalue weighted by atomic mass is 28.2. The average Bonchev–Trinajstić information content (AvgIpc) is 1.61. The van der Waals surface area contributed by atoms with E-state index in [4.69, 9.17) is 0 Å². The van der Waals surface area contributed by atoms with Crippen molar-refractivity contribution in [2.45, 2.75) is 32.9 Å². The van der Waals surface area contributed by atoms with Crippen LogP contribution in [0, 0.1) is 5.92 Å². The highest BCUT2D eigenvalue weighted by Gasteiger charge is 1.89. The highest BCUT2D eigenvalue weighted by molar-refractivity contribution is 6.35. The quantitative estimate of drug-likeness (QED) is 0.492. The first kappa shape index (κ1) is 7.22. The molecule has 0 radical (unpaired) electrons. The van der Waals surface area contributed by atoms with E-state index in [0.29, 0.717) is 9.52 Å². The normalized spacial score (nSPS) is 12.0. The molecule has 0 aliphatic rings. The Kier molecular flexibility index (Phi) is 4.51. The summed E-state index contributed by atoms with van der Waals surface area (Å²) >= 11 is 0. The molecule has 0 fully saturated rings. The highest BCUT2D eigenvalue weighted by Crippen LogP contribution is 1.98. The summed E-state index contributed by atoms with van der Waals surface area (Å²) in [6.45, 7) is 6.92. The van der Waals surface area contributed by atoms with Crippen LogP contribution in [0.1, 0.15) is 20.8 Å². The largest absolute Gasteiger partial charge is 0.0683 e. The monoisotopic (exact) mass is 116 g/mol. The summed E-state index contributed by atoms with van der Waals surface area (Å²) in [5.41, 5.74) is 0. The second kappa shape index (κ2) is 4.38. The minimum absolute atomic E-state index is 0.374. The van der Waals surface area contributed by atoms with E-state index in [2.05, 4.69) is 20.8 Å². The number of hydrogen-bond donors (Lipinski definition) is 0. The van der Waals surface area contributed by atoms with Gasteiger partial charge in [0.25, 0.3) is 0 Å². The maximum absolute atomic E-state index is 2.31. The van der Waals surface area contributed by atoms with E-state index in [1.54, 1.807) is 0 Å². The van der Waals surface area contributed by atoms with Gasteiger partial charge < -0.3 is 0 Å². The first-order chi connectivity index (χ1) is 3.27. The molecule has 0 N–H and O–H groups in total. The molecule has 0 aliphatic heterocycles. The van der Waals surface area contributed by atoms with Crippen LogP contribution in [0.5, 0.6) is 0 Å². The van der Waals surface area contributed by atoms with Gasteiger partial charge in [0.15, 0.2) is 0 Å². The minimum atomic E-state index is 0.374. The Morgan fingerprint density at radius 1 is 1.43 bits per heavy atom. The van der Waals surface area contributed by atoms with Gasteiger partial charge in [-0.3, -0.25) is 0 Å². The third kappa shape index (κ3) is 6.22. The van der Waals surface area contributed by atoms with Gasteiger partial charge in [-0.1, -0.05) is 38.8 Å². The van der Waals surface area contributed by atoms with Gasteiger partial charge >= 0.3 is 0 Å². The fourth-order valence-corrected chi connectivity index (χ4v) is 1.84. The molecule has 0 saturated carbocycles. The van der Waals surface area contributed by atoms with Crippen LogP contribution >= 0.6 is 0 Å². The van der Waals surface area contributed by atoms with Crippen LogP contribution in [0.4, 0.5) is 0 Å². The molecular weight excluding hydrogens is 100 g/mol. The van der Waals surface area contributed by atoms with Gasteiger partial charge in [0.05, 0.1) is 0 Å². The Morgan fingerprint density at radius 3 is 2.14 bits per heavy atom. The van der Waals surface area contributed by atoms with E-state index in [1.165, 1.54) is 12.1 Å². The minimum Gasteiger partial charge on any atom is -0.0683 e. The van der Waals surface area contributed by atoms with Gasteiger partial charge in [0.2, 0.25) is 0 Å². The second-order valence-electron chi connectivity index (χ2n) is 2.54. The summed E-state index contributed by atoms with van der Waals surface area (Å²) < 4.78 is 0. The molecule has 0 saturated heterocycles. The lowest BCUT2D eigenvalue weighted by molar-refractivity contribution is 0.730. The van der Waals surface area contributed by atoms with Gasteiger partial charge in [0, 0.05) is 9.52 Å². The zero-order chi connectivity index (χ0) is 5.70. The summed E-state index contributed by atoms with van der Waals surface area (Å²) in [5, 5.41) is 0. The fraction of sp³-hybridized carbons (Fsp3) is 1.00. The molecule has 0 heterocycles. The Hall–Kier alpha value is 0.217. The van der Waals surface area contributed by atoms with E-state index < -0.39 is 0 Å². The molecule has 1 heteroatoms. The molecule has 0 aromatic carbocycles. The Bertz CT molecular complexity index is 33.2. The van der Waals surface area contributed by atoms with E-state index in [-0.39, 0.29) is 0 Å². The van der Waals surface area contributed by atoms with Crippen LogP contribution in [0.2, 0.25) is 12.1 Å². The molecule has 7 heavy (non-hydrogen) atoms. The van der Waals surface area contributed by atoms with Crippen molar-refractivity contribution >= 4 is 9.52 Å². The first-order valence-electron chi connectivity index (χ1n) is 3.27. The lowest BCUT2D eigenvalue weighted by Gasteiger charge is -1.98. The van der Waals surface area contributed by atoms with Crippen LogP contribution in [-0.4, -0.2) is 9.52 Å². The van der Waals surface area contributed by atoms with Crippen molar-refractivity contribution in [3.8, 4) is 0 Å². The van der Waals surface area contributed by atoms with Crippen molar-refractivity contribution in [3.05, 3.63) is 0 Å². The molecule has 0 nitrogen and oxygen atoms in total. The summed E-state index contributed by atoms with van der Waals surface area (Å²) in [7, 11) is 0.374. The predicted octanol–water partition coefficient (Wildman–Crippen LogP) is 1.67. The molecule has 0 bridgehead atoms. The zero-order valence-corrected chi connectivity index (χ0v) is 7.11. The summed E-state index contributed by atoms with van der Waals surface area (Å²) in [6, 6.07) is 3.02. The molecule has 0 unspecified atom stereocenters. The number of rotatable bonds is 3. The molecule has 0 atom stereocenters. The standard InChI is InChI=1S/C6H16Si/c1-4-7-5-6(2)3/h6H,4-5,7H2,1-3H3. The predicted molar refractivity (Wildman–Crippen MR) is 38.7 cm³/mol. The molecule has 0 aromatic heterocycles. The lowest BCUT2D eigenvalue weighted by Crippen LogP contribution is -1.92. The van der Waals surface area contributed by atoms with Gasteiger partial charge in [0.1, 0.15) is 0 Å². The third-order valence-electron chi connectivity index (χ3n) is 1.14. The zero-order valence-electron chi connectivity index (χ0n) is 5.70. The number of hydrogen-bond acceptors (Lipinski definition) is 0. The van der Waals surface area contributed by atoms with Crippen LogP contribution in [0.3, 0.4) is 0 Å². The molecule has 0 amide bonds. The lowest BCUT2D eigenvalue weighted by atomic mass is 10.3. The van der Waals surface area contributed by atoms with E-state index in [0.717, 1.165) is 5.92 Å². The third-order valence-corrected chi connectivity index (χ3v) is 3.41. The molecule has 0 spiro atoms. The Morgan fingerprint density at radius 2 is 2.00 bits per heavy atom. The average molecular weight is 116 g/mol. The molecule has 44 valence electrons. The molecular formula is C6H16Si. The van der Waals surface area contributed by atoms with Gasteiger partial charge in [-0.15, -0.1) is 0 Å². The Balaban J connectivity index is 2.68. The molecule has 0 aromatic rings. The topological polar surface area (TPSA) is 0 Å². The van der Waals surface area contributed by atoms with Crippen LogP contribution in [0.25, 0.3) is 0 Å². The van der Waals surface area contributed by atoms with Crippen molar-refractivity contribution in [3.63, 3.8) is 0 Å². The van der Waals surface area contributed by atoms with Crippen molar-refractivity contribution in [1.82, 2.24) is 0 Å². The van der Waals surface area contributed by atoms with Crippen LogP contribution < -0.4 is 0 Å². The molecule has 0 rings (SSSR count). The van der Waals surface area contributed by atoms with Gasteiger partial charge in [-0.25, -0.2) is 0 Å². The van der Waals surface area contributed by atoms with Crippen LogP contribution in [0.15, 0.2) is 0 Å². The van der Waals surface area contributed by atoms with E-state index in [9.17, 15) is 0 Å². The summed E-state index contributed by atoms with van der Waals surface area (Å²) in [6.07, 6.45) is 0. The maximum atomic E-state index is 2.31. The summed E-state index contributed by atoms with van der Waals surface area (Å²) in [5.74, 6) is 0.964.